The summed E-state index contributed by atoms with van der Waals surface area (Å²) in [5, 5.41) is 0. The Morgan fingerprint density at radius 1 is 1.43 bits per heavy atom. The van der Waals surface area contributed by atoms with Crippen molar-refractivity contribution in [3.8, 4) is 0 Å². The molecule has 4 rings (SSSR count). The van der Waals surface area contributed by atoms with E-state index in [9.17, 15) is 4.79 Å². The first-order chi connectivity index (χ1) is 6.84. The second-order valence-corrected chi connectivity index (χ2v) is 4.83. The summed E-state index contributed by atoms with van der Waals surface area (Å²) >= 11 is 0. The Bertz CT molecular complexity index is 335. The van der Waals surface area contributed by atoms with Crippen LogP contribution in [0.25, 0.3) is 0 Å². The molecule has 0 aromatic rings. The summed E-state index contributed by atoms with van der Waals surface area (Å²) < 4.78 is 10.6. The van der Waals surface area contributed by atoms with Gasteiger partial charge >= 0.3 is 5.97 Å². The Balaban J connectivity index is 1.78. The molecule has 0 aromatic carbocycles. The van der Waals surface area contributed by atoms with Gasteiger partial charge in [0.2, 0.25) is 6.29 Å². The number of ether oxygens (including phenoxy) is 2. The lowest BCUT2D eigenvalue weighted by atomic mass is 9.83. The molecule has 74 valence electrons. The van der Waals surface area contributed by atoms with Crippen LogP contribution in [-0.2, 0) is 14.3 Å². The summed E-state index contributed by atoms with van der Waals surface area (Å²) in [6.45, 7) is 0. The van der Waals surface area contributed by atoms with Crippen molar-refractivity contribution in [1.82, 2.24) is 0 Å². The molecular weight excluding hydrogens is 180 g/mol. The van der Waals surface area contributed by atoms with Crippen molar-refractivity contribution in [2.45, 2.75) is 25.2 Å². The molecule has 0 spiro atoms. The minimum absolute atomic E-state index is 0.0206. The third-order valence-corrected chi connectivity index (χ3v) is 4.18. The van der Waals surface area contributed by atoms with Crippen LogP contribution >= 0.6 is 0 Å². The molecule has 3 heteroatoms. The van der Waals surface area contributed by atoms with E-state index in [1.54, 1.807) is 0 Å². The van der Waals surface area contributed by atoms with E-state index in [2.05, 4.69) is 12.2 Å². The fourth-order valence-electron chi connectivity index (χ4n) is 3.59. The number of rotatable bonds is 0. The lowest BCUT2D eigenvalue weighted by Crippen LogP contribution is -2.36. The van der Waals surface area contributed by atoms with Crippen molar-refractivity contribution in [3.63, 3.8) is 0 Å². The molecule has 0 amide bonds. The average Bonchev–Trinajstić information content (AvgIpc) is 2.89. The molecule has 3 nitrogen and oxygen atoms in total. The monoisotopic (exact) mass is 192 g/mol. The molecule has 2 aliphatic carbocycles. The van der Waals surface area contributed by atoms with Gasteiger partial charge in [0.25, 0.3) is 0 Å². The Kier molecular flexibility index (Phi) is 1.18. The molecule has 0 aromatic heterocycles. The van der Waals surface area contributed by atoms with Crippen molar-refractivity contribution in [2.75, 3.05) is 0 Å². The number of hydrogen-bond donors (Lipinski definition) is 0. The number of carbonyl (C=O) groups excluding carboxylic acids is 1. The van der Waals surface area contributed by atoms with Gasteiger partial charge in [-0.1, -0.05) is 12.2 Å². The molecule has 2 saturated heterocycles. The van der Waals surface area contributed by atoms with E-state index in [-0.39, 0.29) is 24.3 Å². The van der Waals surface area contributed by atoms with Crippen molar-refractivity contribution in [2.24, 2.45) is 23.7 Å². The Morgan fingerprint density at radius 3 is 3.29 bits per heavy atom. The van der Waals surface area contributed by atoms with Crippen LogP contribution in [0.3, 0.4) is 0 Å². The zero-order valence-corrected chi connectivity index (χ0v) is 7.76. The second kappa shape index (κ2) is 2.22. The molecule has 1 saturated carbocycles. The molecule has 0 N–H and O–H groups in total. The van der Waals surface area contributed by atoms with E-state index in [1.807, 2.05) is 0 Å². The van der Waals surface area contributed by atoms with Gasteiger partial charge in [0, 0.05) is 5.92 Å². The first kappa shape index (κ1) is 7.46. The van der Waals surface area contributed by atoms with Crippen molar-refractivity contribution in [3.05, 3.63) is 12.2 Å². The van der Waals surface area contributed by atoms with Crippen molar-refractivity contribution in [1.29, 1.82) is 0 Å². The first-order valence-corrected chi connectivity index (χ1v) is 5.37. The molecule has 2 heterocycles. The fraction of sp³-hybridized carbons (Fsp3) is 0.727. The predicted octanol–water partition coefficient (Wildman–Crippen LogP) is 1.10. The van der Waals surface area contributed by atoms with Crippen LogP contribution in [-0.4, -0.2) is 18.4 Å². The number of carbonyl (C=O) groups is 1. The standard InChI is InChI=1S/C11H12O3/c12-10-8-6-3-1-2-5(4-6)7(8)9-11(13-9)14-10/h1,3,5-9,11H,2,4H2/t5?,6?,7-,8+,9?,11?/m0/s1. The van der Waals surface area contributed by atoms with Gasteiger partial charge < -0.3 is 9.47 Å². The predicted molar refractivity (Wildman–Crippen MR) is 47.1 cm³/mol. The summed E-state index contributed by atoms with van der Waals surface area (Å²) in [7, 11) is 0. The Hall–Kier alpha value is -0.830. The van der Waals surface area contributed by atoms with Crippen LogP contribution in [0.5, 0.6) is 0 Å². The maximum atomic E-state index is 11.7. The highest BCUT2D eigenvalue weighted by molar-refractivity contribution is 5.76. The molecule has 2 aliphatic heterocycles. The molecule has 3 fully saturated rings. The van der Waals surface area contributed by atoms with Crippen molar-refractivity contribution >= 4 is 5.97 Å². The highest BCUT2D eigenvalue weighted by Crippen LogP contribution is 2.56. The maximum Gasteiger partial charge on any atom is 0.312 e. The summed E-state index contributed by atoms with van der Waals surface area (Å²) in [6, 6.07) is 0. The van der Waals surface area contributed by atoms with Crippen LogP contribution in [0.2, 0.25) is 0 Å². The summed E-state index contributed by atoms with van der Waals surface area (Å²) in [4.78, 5) is 11.7. The highest BCUT2D eigenvalue weighted by Gasteiger charge is 2.64. The fourth-order valence-corrected chi connectivity index (χ4v) is 3.59. The largest absolute Gasteiger partial charge is 0.433 e. The number of allylic oxidation sites excluding steroid dienone is 2. The van der Waals surface area contributed by atoms with E-state index in [4.69, 9.17) is 9.47 Å². The van der Waals surface area contributed by atoms with Crippen LogP contribution < -0.4 is 0 Å². The van der Waals surface area contributed by atoms with Crippen LogP contribution in [0.1, 0.15) is 12.8 Å². The average molecular weight is 192 g/mol. The first-order valence-electron chi connectivity index (χ1n) is 5.37. The smallest absolute Gasteiger partial charge is 0.312 e. The zero-order chi connectivity index (χ0) is 9.28. The van der Waals surface area contributed by atoms with E-state index in [1.165, 1.54) is 0 Å². The molecule has 4 aliphatic rings. The van der Waals surface area contributed by atoms with Gasteiger partial charge in [-0.05, 0) is 24.7 Å². The third kappa shape index (κ3) is 0.753. The molecule has 2 bridgehead atoms. The molecule has 14 heavy (non-hydrogen) atoms. The van der Waals surface area contributed by atoms with Gasteiger partial charge in [0.15, 0.2) is 0 Å². The molecule has 0 radical (unpaired) electrons. The van der Waals surface area contributed by atoms with Crippen LogP contribution in [0, 0.1) is 23.7 Å². The van der Waals surface area contributed by atoms with E-state index in [0.29, 0.717) is 17.8 Å². The highest BCUT2D eigenvalue weighted by atomic mass is 16.8. The van der Waals surface area contributed by atoms with Crippen molar-refractivity contribution < 1.29 is 14.3 Å². The normalized spacial score (nSPS) is 57.6. The quantitative estimate of drug-likeness (QED) is 0.327. The van der Waals surface area contributed by atoms with E-state index in [0.717, 1.165) is 12.8 Å². The number of esters is 1. The van der Waals surface area contributed by atoms with Gasteiger partial charge in [0.1, 0.15) is 6.10 Å². The second-order valence-electron chi connectivity index (χ2n) is 4.83. The maximum absolute atomic E-state index is 11.7. The Labute approximate surface area is 82.1 Å². The molecule has 4 unspecified atom stereocenters. The molecular formula is C11H12O3. The van der Waals surface area contributed by atoms with Gasteiger partial charge in [-0.3, -0.25) is 4.79 Å². The number of fused-ring (bicyclic) bond motifs is 7. The number of hydrogen-bond acceptors (Lipinski definition) is 3. The van der Waals surface area contributed by atoms with Gasteiger partial charge in [-0.15, -0.1) is 0 Å². The topological polar surface area (TPSA) is 38.8 Å². The van der Waals surface area contributed by atoms with Gasteiger partial charge in [-0.25, -0.2) is 0 Å². The third-order valence-electron chi connectivity index (χ3n) is 4.18. The number of epoxide rings is 1. The zero-order valence-electron chi connectivity index (χ0n) is 7.76. The molecule has 6 atom stereocenters. The van der Waals surface area contributed by atoms with E-state index < -0.39 is 0 Å². The Morgan fingerprint density at radius 2 is 2.36 bits per heavy atom. The minimum Gasteiger partial charge on any atom is -0.433 e. The van der Waals surface area contributed by atoms with Crippen LogP contribution in [0.15, 0.2) is 12.2 Å². The summed E-state index contributed by atoms with van der Waals surface area (Å²) in [5.41, 5.74) is 0. The van der Waals surface area contributed by atoms with Gasteiger partial charge in [0.05, 0.1) is 5.92 Å². The van der Waals surface area contributed by atoms with Crippen LogP contribution in [0.4, 0.5) is 0 Å². The van der Waals surface area contributed by atoms with E-state index >= 15 is 0 Å². The lowest BCUT2D eigenvalue weighted by molar-refractivity contribution is -0.158. The van der Waals surface area contributed by atoms with Gasteiger partial charge in [-0.2, -0.15) is 0 Å². The lowest BCUT2D eigenvalue weighted by Gasteiger charge is -2.24. The SMILES string of the molecule is O=C1OC2OC2[C@H]2C3CC=CC(C3)[C@@H]12. The summed E-state index contributed by atoms with van der Waals surface area (Å²) in [5.74, 6) is 1.62. The minimum atomic E-state index is -0.192. The summed E-state index contributed by atoms with van der Waals surface area (Å²) in [6.07, 6.45) is 6.74.